The molecule has 4 heterocycles. The van der Waals surface area contributed by atoms with Gasteiger partial charge in [-0.3, -0.25) is 4.79 Å². The van der Waals surface area contributed by atoms with Gasteiger partial charge in [0.15, 0.2) is 0 Å². The number of methoxy groups -OCH3 is 1. The van der Waals surface area contributed by atoms with Gasteiger partial charge in [-0.2, -0.15) is 0 Å². The Balaban J connectivity index is 1.43. The molecule has 2 fully saturated rings. The molecular formula is C28H38N4O4. The van der Waals surface area contributed by atoms with Crippen molar-refractivity contribution in [3.8, 4) is 0 Å². The van der Waals surface area contributed by atoms with Crippen molar-refractivity contribution >= 4 is 28.8 Å². The number of anilines is 4. The van der Waals surface area contributed by atoms with E-state index in [1.165, 1.54) is 0 Å². The number of amides is 1. The first kappa shape index (κ1) is 25.0. The Hall–Kier alpha value is -2.68. The van der Waals surface area contributed by atoms with Crippen molar-refractivity contribution in [3.05, 3.63) is 42.1 Å². The fourth-order valence-electron chi connectivity index (χ4n) is 5.60. The number of fused-ring (bicyclic) bond motifs is 2. The van der Waals surface area contributed by atoms with Crippen molar-refractivity contribution in [2.45, 2.75) is 83.5 Å². The zero-order valence-electron chi connectivity index (χ0n) is 21.8. The Morgan fingerprint density at radius 2 is 2.06 bits per heavy atom. The first-order valence-electron chi connectivity index (χ1n) is 13.2. The molecule has 0 bridgehead atoms. The summed E-state index contributed by atoms with van der Waals surface area (Å²) in [6.45, 7) is 8.10. The summed E-state index contributed by atoms with van der Waals surface area (Å²) in [4.78, 5) is 22.8. The lowest BCUT2D eigenvalue weighted by atomic mass is 9.99. The van der Waals surface area contributed by atoms with Gasteiger partial charge in [0.2, 0.25) is 0 Å². The van der Waals surface area contributed by atoms with Gasteiger partial charge in [0.05, 0.1) is 42.8 Å². The van der Waals surface area contributed by atoms with Crippen molar-refractivity contribution in [2.75, 3.05) is 35.4 Å². The Morgan fingerprint density at radius 1 is 1.19 bits per heavy atom. The molecule has 0 saturated carbocycles. The number of ether oxygens (including phenoxy) is 3. The largest absolute Gasteiger partial charge is 0.381 e. The molecule has 1 amide bonds. The summed E-state index contributed by atoms with van der Waals surface area (Å²) in [5.41, 5.74) is 3.83. The molecule has 2 aromatic rings. The Kier molecular flexibility index (Phi) is 7.46. The number of carbonyl (C=O) groups excluding carboxylic acids is 1. The lowest BCUT2D eigenvalue weighted by molar-refractivity contribution is -0.143. The first-order valence-corrected chi connectivity index (χ1v) is 13.2. The molecule has 0 spiro atoms. The molecule has 5 rings (SSSR count). The van der Waals surface area contributed by atoms with Crippen LogP contribution in [0.5, 0.6) is 0 Å². The van der Waals surface area contributed by atoms with Crippen molar-refractivity contribution < 1.29 is 19.0 Å². The van der Waals surface area contributed by atoms with E-state index in [0.29, 0.717) is 31.7 Å². The molecule has 8 heteroatoms. The van der Waals surface area contributed by atoms with Gasteiger partial charge >= 0.3 is 0 Å². The summed E-state index contributed by atoms with van der Waals surface area (Å²) in [7, 11) is 1.79. The van der Waals surface area contributed by atoms with Gasteiger partial charge in [-0.05, 0) is 70.7 Å². The standard InChI is InChI=1S/C28H38N4O4/c1-18(2)36-23-8-10-26(35-17-23)28(33)32-16-20-6-5-12-29-27(20)30-24-9-7-21(15-25(24)32)31-13-11-22(34-4)14-19(31)3/h5-7,9,12,15,18-19,22-23,26H,8,10-11,13-14,16-17H2,1-4H3,(H,29,30)/t19-,22-,23+,26-/m1/s1. The fraction of sp³-hybridized carbons (Fsp3) is 0.571. The first-order chi connectivity index (χ1) is 17.4. The van der Waals surface area contributed by atoms with Crippen LogP contribution >= 0.6 is 0 Å². The monoisotopic (exact) mass is 494 g/mol. The molecule has 3 aliphatic heterocycles. The van der Waals surface area contributed by atoms with E-state index in [2.05, 4.69) is 40.3 Å². The highest BCUT2D eigenvalue weighted by Crippen LogP contribution is 2.39. The quantitative estimate of drug-likeness (QED) is 0.649. The Labute approximate surface area is 213 Å². The molecule has 36 heavy (non-hydrogen) atoms. The molecule has 3 aliphatic rings. The zero-order chi connectivity index (χ0) is 25.2. The van der Waals surface area contributed by atoms with Crippen LogP contribution in [0.4, 0.5) is 22.9 Å². The van der Waals surface area contributed by atoms with E-state index >= 15 is 0 Å². The molecule has 194 valence electrons. The number of carbonyl (C=O) groups is 1. The maximum Gasteiger partial charge on any atom is 0.256 e. The number of nitrogens with one attached hydrogen (secondary N) is 1. The summed E-state index contributed by atoms with van der Waals surface area (Å²) in [5, 5.41) is 3.47. The molecule has 0 aliphatic carbocycles. The topological polar surface area (TPSA) is 76.2 Å². The fourth-order valence-corrected chi connectivity index (χ4v) is 5.60. The van der Waals surface area contributed by atoms with Crippen LogP contribution in [0, 0.1) is 0 Å². The van der Waals surface area contributed by atoms with Gasteiger partial charge in [0, 0.05) is 37.1 Å². The summed E-state index contributed by atoms with van der Waals surface area (Å²) >= 11 is 0. The highest BCUT2D eigenvalue weighted by atomic mass is 16.5. The molecule has 0 radical (unpaired) electrons. The van der Waals surface area contributed by atoms with Crippen LogP contribution in [0.1, 0.15) is 52.0 Å². The maximum atomic E-state index is 13.9. The van der Waals surface area contributed by atoms with E-state index in [4.69, 9.17) is 14.2 Å². The van der Waals surface area contributed by atoms with Crippen LogP contribution in [0.15, 0.2) is 36.5 Å². The molecule has 0 unspecified atom stereocenters. The number of benzene rings is 1. The number of piperidine rings is 1. The van der Waals surface area contributed by atoms with Gasteiger partial charge in [0.1, 0.15) is 11.9 Å². The third-order valence-electron chi connectivity index (χ3n) is 7.48. The van der Waals surface area contributed by atoms with E-state index in [0.717, 1.165) is 54.3 Å². The molecule has 2 saturated heterocycles. The second-order valence-corrected chi connectivity index (χ2v) is 10.4. The molecule has 8 nitrogen and oxygen atoms in total. The van der Waals surface area contributed by atoms with Gasteiger partial charge in [-0.1, -0.05) is 6.07 Å². The summed E-state index contributed by atoms with van der Waals surface area (Å²) in [6, 6.07) is 10.6. The van der Waals surface area contributed by atoms with Crippen molar-refractivity contribution in [2.24, 2.45) is 0 Å². The summed E-state index contributed by atoms with van der Waals surface area (Å²) in [5.74, 6) is 0.770. The van der Waals surface area contributed by atoms with Crippen molar-refractivity contribution in [1.82, 2.24) is 4.98 Å². The van der Waals surface area contributed by atoms with Crippen LogP contribution in [-0.4, -0.2) is 61.6 Å². The lowest BCUT2D eigenvalue weighted by Gasteiger charge is -2.39. The highest BCUT2D eigenvalue weighted by Gasteiger charge is 2.35. The number of rotatable bonds is 5. The number of nitrogens with zero attached hydrogens (tertiary/aromatic N) is 3. The van der Waals surface area contributed by atoms with Crippen LogP contribution in [0.3, 0.4) is 0 Å². The normalized spacial score (nSPS) is 26.1. The van der Waals surface area contributed by atoms with Gasteiger partial charge in [-0.25, -0.2) is 4.98 Å². The summed E-state index contributed by atoms with van der Waals surface area (Å²) < 4.78 is 17.6. The smallest absolute Gasteiger partial charge is 0.256 e. The average molecular weight is 495 g/mol. The van der Waals surface area contributed by atoms with Crippen molar-refractivity contribution in [3.63, 3.8) is 0 Å². The number of pyridine rings is 1. The van der Waals surface area contributed by atoms with Crippen LogP contribution in [0.2, 0.25) is 0 Å². The predicted molar refractivity (Wildman–Crippen MR) is 141 cm³/mol. The van der Waals surface area contributed by atoms with Gasteiger partial charge in [0.25, 0.3) is 5.91 Å². The maximum absolute atomic E-state index is 13.9. The van der Waals surface area contributed by atoms with Crippen LogP contribution in [-0.2, 0) is 25.5 Å². The third-order valence-corrected chi connectivity index (χ3v) is 7.48. The molecular weight excluding hydrogens is 456 g/mol. The highest BCUT2D eigenvalue weighted by molar-refractivity contribution is 6.01. The second kappa shape index (κ2) is 10.7. The number of hydrogen-bond donors (Lipinski definition) is 1. The third kappa shape index (κ3) is 5.21. The predicted octanol–water partition coefficient (Wildman–Crippen LogP) is 4.65. The lowest BCUT2D eigenvalue weighted by Crippen LogP contribution is -2.45. The van der Waals surface area contributed by atoms with E-state index in [1.807, 2.05) is 30.9 Å². The molecule has 4 atom stereocenters. The van der Waals surface area contributed by atoms with E-state index in [-0.39, 0.29) is 18.1 Å². The minimum Gasteiger partial charge on any atom is -0.381 e. The summed E-state index contributed by atoms with van der Waals surface area (Å²) in [6.07, 6.45) is 5.22. The number of aromatic nitrogens is 1. The second-order valence-electron chi connectivity index (χ2n) is 10.4. The Bertz CT molecular complexity index is 1070. The zero-order valence-corrected chi connectivity index (χ0v) is 21.8. The average Bonchev–Trinajstić information content (AvgIpc) is 3.04. The van der Waals surface area contributed by atoms with E-state index in [9.17, 15) is 4.79 Å². The van der Waals surface area contributed by atoms with Crippen LogP contribution < -0.4 is 15.1 Å². The van der Waals surface area contributed by atoms with E-state index in [1.54, 1.807) is 13.3 Å². The van der Waals surface area contributed by atoms with Crippen molar-refractivity contribution in [1.29, 1.82) is 0 Å². The molecule has 1 N–H and O–H groups in total. The van der Waals surface area contributed by atoms with E-state index < -0.39 is 6.10 Å². The minimum atomic E-state index is -0.483. The van der Waals surface area contributed by atoms with Crippen LogP contribution in [0.25, 0.3) is 0 Å². The molecule has 1 aromatic heterocycles. The Morgan fingerprint density at radius 3 is 2.78 bits per heavy atom. The molecule has 1 aromatic carbocycles. The SMILES string of the molecule is CO[C@@H]1CCN(c2ccc3c(c2)N(C(=O)[C@H]2CC[C@H](OC(C)C)CO2)Cc2cccnc2N3)[C@H](C)C1. The minimum absolute atomic E-state index is 0.0129. The number of hydrogen-bond acceptors (Lipinski definition) is 7. The van der Waals surface area contributed by atoms with Gasteiger partial charge < -0.3 is 29.3 Å². The van der Waals surface area contributed by atoms with Gasteiger partial charge in [-0.15, -0.1) is 0 Å².